The van der Waals surface area contributed by atoms with Gasteiger partial charge in [0.05, 0.1) is 5.51 Å². The van der Waals surface area contributed by atoms with Crippen LogP contribution >= 0.6 is 11.3 Å². The molecule has 3 rings (SSSR count). The van der Waals surface area contributed by atoms with Gasteiger partial charge >= 0.3 is 0 Å². The zero-order valence-corrected chi connectivity index (χ0v) is 9.20. The monoisotopic (exact) mass is 216 g/mol. The number of aryl methyl sites for hydroxylation is 1. The van der Waals surface area contributed by atoms with Gasteiger partial charge in [-0.15, -0.1) is 11.3 Å². The van der Waals surface area contributed by atoms with Crippen molar-refractivity contribution >= 4 is 22.8 Å². The molecule has 1 aromatic heterocycles. The lowest BCUT2D eigenvalue weighted by Gasteiger charge is -2.29. The first kappa shape index (κ1) is 8.92. The fourth-order valence-corrected chi connectivity index (χ4v) is 2.65. The van der Waals surface area contributed by atoms with E-state index in [1.54, 1.807) is 11.3 Å². The molecule has 1 aliphatic rings. The van der Waals surface area contributed by atoms with E-state index in [-0.39, 0.29) is 0 Å². The van der Waals surface area contributed by atoms with Crippen molar-refractivity contribution in [1.29, 1.82) is 0 Å². The Kier molecular flexibility index (Phi) is 2.18. The maximum absolute atomic E-state index is 4.38. The second-order valence-electron chi connectivity index (χ2n) is 3.73. The van der Waals surface area contributed by atoms with E-state index in [4.69, 9.17) is 0 Å². The van der Waals surface area contributed by atoms with Crippen molar-refractivity contribution in [2.75, 3.05) is 11.4 Å². The van der Waals surface area contributed by atoms with Gasteiger partial charge in [0.1, 0.15) is 5.82 Å². The van der Waals surface area contributed by atoms with Crippen molar-refractivity contribution < 1.29 is 0 Å². The Hall–Kier alpha value is -1.35. The van der Waals surface area contributed by atoms with Gasteiger partial charge in [-0.05, 0) is 24.5 Å². The summed E-state index contributed by atoms with van der Waals surface area (Å²) in [5, 5.41) is 2.11. The van der Waals surface area contributed by atoms with E-state index in [0.29, 0.717) is 0 Å². The fourth-order valence-electron chi connectivity index (χ4n) is 2.11. The van der Waals surface area contributed by atoms with Gasteiger partial charge in [0, 0.05) is 17.6 Å². The highest BCUT2D eigenvalue weighted by Crippen LogP contribution is 2.32. The zero-order chi connectivity index (χ0) is 10.1. The van der Waals surface area contributed by atoms with Crippen LogP contribution in [0.25, 0.3) is 0 Å². The third kappa shape index (κ3) is 1.53. The van der Waals surface area contributed by atoms with Crippen LogP contribution in [0.4, 0.5) is 11.5 Å². The summed E-state index contributed by atoms with van der Waals surface area (Å²) in [4.78, 5) is 6.70. The van der Waals surface area contributed by atoms with Crippen LogP contribution in [-0.2, 0) is 6.42 Å². The van der Waals surface area contributed by atoms with Crippen LogP contribution in [0.5, 0.6) is 0 Å². The van der Waals surface area contributed by atoms with Gasteiger partial charge in [-0.3, -0.25) is 0 Å². The van der Waals surface area contributed by atoms with E-state index in [1.165, 1.54) is 24.1 Å². The van der Waals surface area contributed by atoms with Gasteiger partial charge in [0.2, 0.25) is 0 Å². The van der Waals surface area contributed by atoms with Crippen molar-refractivity contribution in [2.45, 2.75) is 12.8 Å². The maximum Gasteiger partial charge on any atom is 0.143 e. The smallest absolute Gasteiger partial charge is 0.143 e. The Morgan fingerprint density at radius 3 is 3.07 bits per heavy atom. The molecule has 1 aliphatic heterocycles. The molecule has 0 amide bonds. The van der Waals surface area contributed by atoms with Crippen molar-refractivity contribution in [3.8, 4) is 0 Å². The van der Waals surface area contributed by atoms with E-state index < -0.39 is 0 Å². The van der Waals surface area contributed by atoms with Crippen molar-refractivity contribution in [3.63, 3.8) is 0 Å². The van der Waals surface area contributed by atoms with Gasteiger partial charge in [-0.25, -0.2) is 4.98 Å². The van der Waals surface area contributed by atoms with Crippen LogP contribution < -0.4 is 4.90 Å². The molecule has 1 aromatic carbocycles. The number of rotatable bonds is 1. The minimum atomic E-state index is 1.08. The predicted molar refractivity (Wildman–Crippen MR) is 63.9 cm³/mol. The Morgan fingerprint density at radius 2 is 2.20 bits per heavy atom. The molecule has 0 unspecified atom stereocenters. The molecule has 0 aliphatic carbocycles. The maximum atomic E-state index is 4.38. The molecule has 0 radical (unpaired) electrons. The average molecular weight is 216 g/mol. The molecule has 0 fully saturated rings. The third-order valence-electron chi connectivity index (χ3n) is 2.81. The molecule has 2 heterocycles. The summed E-state index contributed by atoms with van der Waals surface area (Å²) in [5.74, 6) is 1.09. The molecule has 76 valence electrons. The van der Waals surface area contributed by atoms with Gasteiger partial charge in [0.15, 0.2) is 0 Å². The predicted octanol–water partition coefficient (Wildman–Crippen LogP) is 3.23. The molecule has 2 aromatic rings. The van der Waals surface area contributed by atoms with Gasteiger partial charge in [-0.1, -0.05) is 18.2 Å². The Bertz CT molecular complexity index is 450. The first-order chi connectivity index (χ1) is 7.45. The molecular formula is C12H12N2S. The van der Waals surface area contributed by atoms with E-state index in [2.05, 4.69) is 39.5 Å². The molecule has 0 atom stereocenters. The zero-order valence-electron chi connectivity index (χ0n) is 8.39. The largest absolute Gasteiger partial charge is 0.325 e. The summed E-state index contributed by atoms with van der Waals surface area (Å²) in [5.41, 5.74) is 4.67. The third-order valence-corrected chi connectivity index (χ3v) is 3.38. The van der Waals surface area contributed by atoms with E-state index in [1.807, 2.05) is 5.51 Å². The summed E-state index contributed by atoms with van der Waals surface area (Å²) in [7, 11) is 0. The highest BCUT2D eigenvalue weighted by molar-refractivity contribution is 7.07. The number of aromatic nitrogens is 1. The second kappa shape index (κ2) is 3.66. The second-order valence-corrected chi connectivity index (χ2v) is 4.45. The van der Waals surface area contributed by atoms with Crippen molar-refractivity contribution in [1.82, 2.24) is 4.98 Å². The van der Waals surface area contributed by atoms with E-state index in [9.17, 15) is 0 Å². The normalized spacial score (nSPS) is 15.1. The topological polar surface area (TPSA) is 16.1 Å². The number of benzene rings is 1. The molecular weight excluding hydrogens is 204 g/mol. The molecule has 0 N–H and O–H groups in total. The molecule has 0 saturated heterocycles. The van der Waals surface area contributed by atoms with Gasteiger partial charge < -0.3 is 4.90 Å². The minimum absolute atomic E-state index is 1.08. The molecule has 0 bridgehead atoms. The number of anilines is 2. The molecule has 2 nitrogen and oxygen atoms in total. The Labute approximate surface area is 93.2 Å². The van der Waals surface area contributed by atoms with Gasteiger partial charge in [-0.2, -0.15) is 0 Å². The minimum Gasteiger partial charge on any atom is -0.325 e. The molecule has 15 heavy (non-hydrogen) atoms. The van der Waals surface area contributed by atoms with Crippen LogP contribution in [0.3, 0.4) is 0 Å². The lowest BCUT2D eigenvalue weighted by molar-refractivity contribution is 0.761. The van der Waals surface area contributed by atoms with Crippen molar-refractivity contribution in [2.24, 2.45) is 0 Å². The quantitative estimate of drug-likeness (QED) is 0.727. The highest BCUT2D eigenvalue weighted by atomic mass is 32.1. The SMILES string of the molecule is c1ccc2c(c1)CCCN2c1cscn1. The fraction of sp³-hybridized carbons (Fsp3) is 0.250. The first-order valence-electron chi connectivity index (χ1n) is 5.19. The van der Waals surface area contributed by atoms with E-state index >= 15 is 0 Å². The summed E-state index contributed by atoms with van der Waals surface area (Å²) < 4.78 is 0. The lowest BCUT2D eigenvalue weighted by Crippen LogP contribution is -2.24. The Balaban J connectivity index is 2.06. The lowest BCUT2D eigenvalue weighted by atomic mass is 10.0. The van der Waals surface area contributed by atoms with Crippen LogP contribution in [0.15, 0.2) is 35.2 Å². The number of nitrogens with zero attached hydrogens (tertiary/aromatic N) is 2. The standard InChI is InChI=1S/C12H12N2S/c1-2-6-11-10(4-1)5-3-7-14(11)12-8-15-9-13-12/h1-2,4,6,8-9H,3,5,7H2. The van der Waals surface area contributed by atoms with Gasteiger partial charge in [0.25, 0.3) is 0 Å². The van der Waals surface area contributed by atoms with E-state index in [0.717, 1.165) is 12.4 Å². The molecule has 0 spiro atoms. The van der Waals surface area contributed by atoms with Crippen molar-refractivity contribution in [3.05, 3.63) is 40.7 Å². The highest BCUT2D eigenvalue weighted by Gasteiger charge is 2.18. The number of thiazole rings is 1. The molecule has 0 saturated carbocycles. The summed E-state index contributed by atoms with van der Waals surface area (Å²) in [6.07, 6.45) is 2.41. The number of hydrogen-bond acceptors (Lipinski definition) is 3. The first-order valence-corrected chi connectivity index (χ1v) is 6.13. The van der Waals surface area contributed by atoms with Crippen LogP contribution in [0, 0.1) is 0 Å². The Morgan fingerprint density at radius 1 is 1.27 bits per heavy atom. The number of hydrogen-bond donors (Lipinski definition) is 0. The summed E-state index contributed by atoms with van der Waals surface area (Å²) in [6.45, 7) is 1.08. The number of para-hydroxylation sites is 1. The molecule has 3 heteroatoms. The van der Waals surface area contributed by atoms with Crippen LogP contribution in [0.2, 0.25) is 0 Å². The number of fused-ring (bicyclic) bond motifs is 1. The van der Waals surface area contributed by atoms with Crippen LogP contribution in [-0.4, -0.2) is 11.5 Å². The van der Waals surface area contributed by atoms with Crippen LogP contribution in [0.1, 0.15) is 12.0 Å². The summed E-state index contributed by atoms with van der Waals surface area (Å²) in [6, 6.07) is 8.62. The summed E-state index contributed by atoms with van der Waals surface area (Å²) >= 11 is 1.66. The average Bonchev–Trinajstić information content (AvgIpc) is 2.82.